The van der Waals surface area contributed by atoms with Gasteiger partial charge in [0.2, 0.25) is 0 Å². The Balaban J connectivity index is 2.11. The van der Waals surface area contributed by atoms with Crippen LogP contribution in [0.25, 0.3) is 0 Å². The molecule has 0 aromatic carbocycles. The molecule has 0 aliphatic heterocycles. The van der Waals surface area contributed by atoms with Crippen molar-refractivity contribution in [2.75, 3.05) is 5.32 Å². The molecule has 1 aliphatic carbocycles. The summed E-state index contributed by atoms with van der Waals surface area (Å²) in [5, 5.41) is 3.16. The molecular weight excluding hydrogens is 259 g/mol. The first kappa shape index (κ1) is 10.9. The summed E-state index contributed by atoms with van der Waals surface area (Å²) in [7, 11) is 0. The van der Waals surface area contributed by atoms with Gasteiger partial charge in [-0.2, -0.15) is 0 Å². The van der Waals surface area contributed by atoms with Gasteiger partial charge in [0.25, 0.3) is 0 Å². The minimum absolute atomic E-state index is 0.251. The number of anilines is 1. The van der Waals surface area contributed by atoms with Crippen molar-refractivity contribution >= 4 is 21.7 Å². The number of pyridine rings is 1. The van der Waals surface area contributed by atoms with Gasteiger partial charge < -0.3 is 5.32 Å². The summed E-state index contributed by atoms with van der Waals surface area (Å²) in [6.45, 7) is 4.37. The van der Waals surface area contributed by atoms with Crippen LogP contribution in [-0.2, 0) is 0 Å². The first-order valence-electron chi connectivity index (χ1n) is 5.06. The Morgan fingerprint density at radius 1 is 1.60 bits per heavy atom. The Morgan fingerprint density at radius 2 is 2.33 bits per heavy atom. The fourth-order valence-electron chi connectivity index (χ4n) is 1.82. The summed E-state index contributed by atoms with van der Waals surface area (Å²) in [4.78, 5) is 4.03. The molecular formula is C11H14BrFN2. The molecule has 82 valence electrons. The Labute approximate surface area is 97.4 Å². The van der Waals surface area contributed by atoms with Crippen LogP contribution in [0, 0.1) is 11.2 Å². The van der Waals surface area contributed by atoms with Crippen LogP contribution in [0.3, 0.4) is 0 Å². The van der Waals surface area contributed by atoms with Gasteiger partial charge in [0, 0.05) is 16.7 Å². The Bertz CT molecular complexity index is 379. The van der Waals surface area contributed by atoms with Gasteiger partial charge in [0.1, 0.15) is 0 Å². The lowest BCUT2D eigenvalue weighted by Crippen LogP contribution is -2.45. The lowest BCUT2D eigenvalue weighted by atomic mass is 9.67. The monoisotopic (exact) mass is 272 g/mol. The number of aromatic nitrogens is 1. The van der Waals surface area contributed by atoms with E-state index in [1.807, 2.05) is 0 Å². The van der Waals surface area contributed by atoms with Gasteiger partial charge in [-0.1, -0.05) is 13.8 Å². The lowest BCUT2D eigenvalue weighted by molar-refractivity contribution is 0.159. The van der Waals surface area contributed by atoms with Crippen LogP contribution in [0.2, 0.25) is 0 Å². The van der Waals surface area contributed by atoms with Crippen molar-refractivity contribution in [1.29, 1.82) is 0 Å². The fraction of sp³-hybridized carbons (Fsp3) is 0.545. The fourth-order valence-corrected chi connectivity index (χ4v) is 2.12. The van der Waals surface area contributed by atoms with Crippen molar-refractivity contribution in [3.63, 3.8) is 0 Å². The van der Waals surface area contributed by atoms with Gasteiger partial charge in [-0.05, 0) is 40.3 Å². The van der Waals surface area contributed by atoms with E-state index in [1.54, 1.807) is 6.20 Å². The topological polar surface area (TPSA) is 24.9 Å². The SMILES string of the molecule is CC1(C)CCC1Nc1ncc(Br)cc1F. The zero-order chi connectivity index (χ0) is 11.1. The maximum atomic E-state index is 13.5. The van der Waals surface area contributed by atoms with Gasteiger partial charge in [-0.3, -0.25) is 0 Å². The Hall–Kier alpha value is -0.640. The number of halogens is 2. The molecule has 1 aromatic rings. The van der Waals surface area contributed by atoms with E-state index in [0.29, 0.717) is 16.3 Å². The van der Waals surface area contributed by atoms with Gasteiger partial charge in [-0.25, -0.2) is 9.37 Å². The summed E-state index contributed by atoms with van der Waals surface area (Å²) in [5.74, 6) is 0.0584. The third-order valence-corrected chi connectivity index (χ3v) is 3.57. The predicted octanol–water partition coefficient (Wildman–Crippen LogP) is 3.58. The normalized spacial score (nSPS) is 23.3. The minimum Gasteiger partial charge on any atom is -0.364 e. The number of hydrogen-bond donors (Lipinski definition) is 1. The molecule has 4 heteroatoms. The Morgan fingerprint density at radius 3 is 2.80 bits per heavy atom. The Kier molecular flexibility index (Phi) is 2.71. The van der Waals surface area contributed by atoms with Gasteiger partial charge >= 0.3 is 0 Å². The molecule has 1 heterocycles. The molecule has 15 heavy (non-hydrogen) atoms. The highest BCUT2D eigenvalue weighted by atomic mass is 79.9. The van der Waals surface area contributed by atoms with E-state index in [2.05, 4.69) is 40.1 Å². The maximum Gasteiger partial charge on any atom is 0.166 e. The molecule has 0 amide bonds. The van der Waals surface area contributed by atoms with E-state index in [4.69, 9.17) is 0 Å². The lowest BCUT2D eigenvalue weighted by Gasteiger charge is -2.45. The van der Waals surface area contributed by atoms with Gasteiger partial charge in [0.05, 0.1) is 0 Å². The van der Waals surface area contributed by atoms with Crippen molar-refractivity contribution in [3.8, 4) is 0 Å². The molecule has 1 fully saturated rings. The standard InChI is InChI=1S/C11H14BrFN2/c1-11(2)4-3-9(11)15-10-8(13)5-7(12)6-14-10/h5-6,9H,3-4H2,1-2H3,(H,14,15). The van der Waals surface area contributed by atoms with Crippen molar-refractivity contribution in [1.82, 2.24) is 4.98 Å². The third kappa shape index (κ3) is 2.14. The average molecular weight is 273 g/mol. The zero-order valence-electron chi connectivity index (χ0n) is 8.85. The summed E-state index contributed by atoms with van der Waals surface area (Å²) < 4.78 is 14.1. The highest BCUT2D eigenvalue weighted by Gasteiger charge is 2.38. The van der Waals surface area contributed by atoms with Crippen molar-refractivity contribution in [2.45, 2.75) is 32.7 Å². The summed E-state index contributed by atoms with van der Waals surface area (Å²) in [6.07, 6.45) is 3.88. The first-order chi connectivity index (χ1) is 6.99. The van der Waals surface area contributed by atoms with E-state index in [9.17, 15) is 4.39 Å². The quantitative estimate of drug-likeness (QED) is 0.890. The number of nitrogens with zero attached hydrogens (tertiary/aromatic N) is 1. The molecule has 0 bridgehead atoms. The largest absolute Gasteiger partial charge is 0.364 e. The second-order valence-corrected chi connectivity index (χ2v) is 5.62. The summed E-state index contributed by atoms with van der Waals surface area (Å²) in [6, 6.07) is 1.77. The number of nitrogens with one attached hydrogen (secondary N) is 1. The third-order valence-electron chi connectivity index (χ3n) is 3.14. The van der Waals surface area contributed by atoms with Crippen LogP contribution in [-0.4, -0.2) is 11.0 Å². The van der Waals surface area contributed by atoms with Crippen LogP contribution >= 0.6 is 15.9 Å². The predicted molar refractivity (Wildman–Crippen MR) is 62.3 cm³/mol. The molecule has 2 nitrogen and oxygen atoms in total. The maximum absolute atomic E-state index is 13.5. The highest BCUT2D eigenvalue weighted by Crippen LogP contribution is 2.41. The van der Waals surface area contributed by atoms with Crippen LogP contribution in [0.4, 0.5) is 10.2 Å². The molecule has 1 saturated carbocycles. The van der Waals surface area contributed by atoms with Crippen LogP contribution in [0.15, 0.2) is 16.7 Å². The van der Waals surface area contributed by atoms with Crippen LogP contribution in [0.1, 0.15) is 26.7 Å². The molecule has 0 saturated heterocycles. The molecule has 0 radical (unpaired) electrons. The molecule has 1 N–H and O–H groups in total. The van der Waals surface area contributed by atoms with E-state index >= 15 is 0 Å². The number of hydrogen-bond acceptors (Lipinski definition) is 2. The summed E-state index contributed by atoms with van der Waals surface area (Å²) in [5.41, 5.74) is 0.251. The second kappa shape index (κ2) is 3.74. The van der Waals surface area contributed by atoms with Crippen LogP contribution < -0.4 is 5.32 Å². The minimum atomic E-state index is -0.299. The average Bonchev–Trinajstić information content (AvgIpc) is 2.15. The van der Waals surface area contributed by atoms with E-state index in [1.165, 1.54) is 12.5 Å². The molecule has 0 spiro atoms. The first-order valence-corrected chi connectivity index (χ1v) is 5.86. The molecule has 1 aromatic heterocycles. The van der Waals surface area contributed by atoms with Crippen molar-refractivity contribution < 1.29 is 4.39 Å². The molecule has 1 aliphatic rings. The van der Waals surface area contributed by atoms with E-state index < -0.39 is 0 Å². The van der Waals surface area contributed by atoms with Gasteiger partial charge in [0.15, 0.2) is 11.6 Å². The van der Waals surface area contributed by atoms with Crippen molar-refractivity contribution in [2.24, 2.45) is 5.41 Å². The summed E-state index contributed by atoms with van der Waals surface area (Å²) >= 11 is 3.19. The zero-order valence-corrected chi connectivity index (χ0v) is 10.4. The van der Waals surface area contributed by atoms with Crippen LogP contribution in [0.5, 0.6) is 0 Å². The molecule has 1 unspecified atom stereocenters. The smallest absolute Gasteiger partial charge is 0.166 e. The second-order valence-electron chi connectivity index (χ2n) is 4.71. The van der Waals surface area contributed by atoms with Crippen molar-refractivity contribution in [3.05, 3.63) is 22.6 Å². The molecule has 2 rings (SSSR count). The number of rotatable bonds is 2. The highest BCUT2D eigenvalue weighted by molar-refractivity contribution is 9.10. The van der Waals surface area contributed by atoms with E-state index in [-0.39, 0.29) is 11.2 Å². The molecule has 1 atom stereocenters. The van der Waals surface area contributed by atoms with E-state index in [0.717, 1.165) is 6.42 Å². The van der Waals surface area contributed by atoms with Gasteiger partial charge in [-0.15, -0.1) is 0 Å².